The van der Waals surface area contributed by atoms with E-state index >= 15 is 0 Å². The number of carbonyl (C=O) groups excluding carboxylic acids is 1. The highest BCUT2D eigenvalue weighted by molar-refractivity contribution is 7.47. The molecule has 0 fully saturated rings. The topological polar surface area (TPSA) is 117 Å². The molecule has 0 aromatic heterocycles. The predicted octanol–water partition coefficient (Wildman–Crippen LogP) is 7.79. The number of esters is 1. The van der Waals surface area contributed by atoms with Crippen LogP contribution in [0.1, 0.15) is 123 Å². The fourth-order valence-corrected chi connectivity index (χ4v) is 4.61. The molecule has 0 amide bonds. The number of carbonyl (C=O) groups is 1. The standard InChI is InChI=1S/C30H58NO7P/c1-3-5-7-8-9-10-11-12-13-14-15-16-17-18-19-20-22-25-35-27-29(38-30(32)23-21-6-4-2)28-37-39(33,34)36-26-24-31/h10-11,13-14,29H,3-9,12,15-28,31H2,1-2H3,(H,33,34)/b11-10-,14-13-. The smallest absolute Gasteiger partial charge is 0.457 e. The van der Waals surface area contributed by atoms with E-state index in [4.69, 9.17) is 24.3 Å². The molecule has 0 heterocycles. The third-order valence-electron chi connectivity index (χ3n) is 6.12. The molecule has 0 aliphatic carbocycles. The van der Waals surface area contributed by atoms with Gasteiger partial charge in [-0.2, -0.15) is 0 Å². The summed E-state index contributed by atoms with van der Waals surface area (Å²) in [5, 5.41) is 0. The zero-order chi connectivity index (χ0) is 28.9. The summed E-state index contributed by atoms with van der Waals surface area (Å²) in [5.41, 5.74) is 5.29. The normalized spacial score (nSPS) is 14.3. The number of hydrogen-bond acceptors (Lipinski definition) is 7. The fourth-order valence-electron chi connectivity index (χ4n) is 3.85. The van der Waals surface area contributed by atoms with Gasteiger partial charge in [0.15, 0.2) is 0 Å². The minimum atomic E-state index is -4.25. The lowest BCUT2D eigenvalue weighted by Crippen LogP contribution is -2.28. The number of phosphoric ester groups is 1. The first-order valence-corrected chi connectivity index (χ1v) is 16.8. The summed E-state index contributed by atoms with van der Waals surface area (Å²) in [6, 6.07) is 0. The third kappa shape index (κ3) is 28.3. The summed E-state index contributed by atoms with van der Waals surface area (Å²) < 4.78 is 32.7. The van der Waals surface area contributed by atoms with Gasteiger partial charge in [0.05, 0.1) is 19.8 Å². The van der Waals surface area contributed by atoms with Crippen LogP contribution >= 0.6 is 7.82 Å². The van der Waals surface area contributed by atoms with E-state index in [-0.39, 0.29) is 32.3 Å². The van der Waals surface area contributed by atoms with E-state index in [2.05, 4.69) is 38.2 Å². The van der Waals surface area contributed by atoms with Crippen LogP contribution in [0.4, 0.5) is 0 Å². The highest BCUT2D eigenvalue weighted by Crippen LogP contribution is 2.43. The van der Waals surface area contributed by atoms with Gasteiger partial charge in [0.25, 0.3) is 0 Å². The summed E-state index contributed by atoms with van der Waals surface area (Å²) in [6.07, 6.45) is 26.9. The fraction of sp³-hybridized carbons (Fsp3) is 0.833. The molecule has 0 aromatic carbocycles. The van der Waals surface area contributed by atoms with Crippen LogP contribution in [0.25, 0.3) is 0 Å². The van der Waals surface area contributed by atoms with Gasteiger partial charge < -0.3 is 20.1 Å². The van der Waals surface area contributed by atoms with Crippen LogP contribution in [-0.2, 0) is 27.9 Å². The first-order chi connectivity index (χ1) is 18.9. The Bertz CT molecular complexity index is 657. The molecule has 2 atom stereocenters. The van der Waals surface area contributed by atoms with Crippen LogP contribution in [-0.4, -0.2) is 49.9 Å². The summed E-state index contributed by atoms with van der Waals surface area (Å²) >= 11 is 0. The first kappa shape index (κ1) is 38.0. The van der Waals surface area contributed by atoms with E-state index in [1.54, 1.807) is 0 Å². The van der Waals surface area contributed by atoms with Crippen LogP contribution in [0.2, 0.25) is 0 Å². The zero-order valence-electron chi connectivity index (χ0n) is 24.9. The lowest BCUT2D eigenvalue weighted by atomic mass is 10.1. The van der Waals surface area contributed by atoms with Gasteiger partial charge in [-0.1, -0.05) is 95.9 Å². The SMILES string of the molecule is CCCCCC/C=C\C/C=C\CCCCCCCCOCC(COP(=O)(O)OCCN)OC(=O)CCCCC. The summed E-state index contributed by atoms with van der Waals surface area (Å²) in [6.45, 7) is 4.68. The van der Waals surface area contributed by atoms with Crippen molar-refractivity contribution in [2.45, 2.75) is 129 Å². The third-order valence-corrected chi connectivity index (χ3v) is 7.11. The van der Waals surface area contributed by atoms with Crippen LogP contribution in [0.15, 0.2) is 24.3 Å². The number of phosphoric acid groups is 1. The number of unbranched alkanes of at least 4 members (excludes halogenated alkanes) is 12. The van der Waals surface area contributed by atoms with E-state index < -0.39 is 13.9 Å². The Morgan fingerprint density at radius 2 is 1.36 bits per heavy atom. The average Bonchev–Trinajstić information content (AvgIpc) is 2.92. The van der Waals surface area contributed by atoms with Gasteiger partial charge in [-0.25, -0.2) is 4.57 Å². The van der Waals surface area contributed by atoms with Gasteiger partial charge >= 0.3 is 13.8 Å². The Morgan fingerprint density at radius 3 is 2.00 bits per heavy atom. The van der Waals surface area contributed by atoms with Crippen molar-refractivity contribution in [2.75, 3.05) is 33.0 Å². The molecular formula is C30H58NO7P. The maximum absolute atomic E-state index is 12.1. The Kier molecular flexibility index (Phi) is 27.8. The van der Waals surface area contributed by atoms with Crippen molar-refractivity contribution in [1.29, 1.82) is 0 Å². The van der Waals surface area contributed by atoms with Gasteiger partial charge in [0.1, 0.15) is 6.10 Å². The lowest BCUT2D eigenvalue weighted by Gasteiger charge is -2.20. The van der Waals surface area contributed by atoms with Crippen LogP contribution < -0.4 is 5.73 Å². The van der Waals surface area contributed by atoms with E-state index in [9.17, 15) is 14.3 Å². The second-order valence-corrected chi connectivity index (χ2v) is 11.4. The molecule has 9 heteroatoms. The van der Waals surface area contributed by atoms with Crippen LogP contribution in [0.5, 0.6) is 0 Å². The van der Waals surface area contributed by atoms with Gasteiger partial charge in [-0.15, -0.1) is 0 Å². The Labute approximate surface area is 238 Å². The van der Waals surface area contributed by atoms with Gasteiger partial charge in [0, 0.05) is 19.6 Å². The zero-order valence-corrected chi connectivity index (χ0v) is 25.8. The maximum Gasteiger partial charge on any atom is 0.472 e. The van der Waals surface area contributed by atoms with Crippen molar-refractivity contribution >= 4 is 13.8 Å². The van der Waals surface area contributed by atoms with Crippen molar-refractivity contribution in [3.05, 3.63) is 24.3 Å². The number of allylic oxidation sites excluding steroid dienone is 4. The Hall–Kier alpha value is -1.02. The number of nitrogens with two attached hydrogens (primary N) is 1. The van der Waals surface area contributed by atoms with Gasteiger partial charge in [-0.3, -0.25) is 13.8 Å². The van der Waals surface area contributed by atoms with Crippen molar-refractivity contribution in [3.63, 3.8) is 0 Å². The molecule has 0 rings (SSSR count). The number of hydrogen-bond donors (Lipinski definition) is 2. The predicted molar refractivity (Wildman–Crippen MR) is 160 cm³/mol. The first-order valence-electron chi connectivity index (χ1n) is 15.3. The van der Waals surface area contributed by atoms with E-state index in [1.807, 2.05) is 0 Å². The second kappa shape index (κ2) is 28.5. The minimum Gasteiger partial charge on any atom is -0.457 e. The van der Waals surface area contributed by atoms with E-state index in [0.717, 1.165) is 44.9 Å². The highest BCUT2D eigenvalue weighted by atomic mass is 31.2. The van der Waals surface area contributed by atoms with Crippen molar-refractivity contribution in [1.82, 2.24) is 0 Å². The second-order valence-electron chi connectivity index (χ2n) is 9.97. The molecule has 0 aliphatic rings. The van der Waals surface area contributed by atoms with E-state index in [1.165, 1.54) is 57.8 Å². The summed E-state index contributed by atoms with van der Waals surface area (Å²) in [4.78, 5) is 21.8. The van der Waals surface area contributed by atoms with E-state index in [0.29, 0.717) is 13.0 Å². The minimum absolute atomic E-state index is 0.0979. The Morgan fingerprint density at radius 1 is 0.769 bits per heavy atom. The maximum atomic E-state index is 12.1. The molecule has 230 valence electrons. The molecule has 0 spiro atoms. The molecule has 0 saturated carbocycles. The largest absolute Gasteiger partial charge is 0.472 e. The highest BCUT2D eigenvalue weighted by Gasteiger charge is 2.25. The molecule has 0 radical (unpaired) electrons. The number of ether oxygens (including phenoxy) is 2. The van der Waals surface area contributed by atoms with Crippen molar-refractivity contribution in [2.24, 2.45) is 5.73 Å². The molecule has 0 bridgehead atoms. The molecule has 0 saturated heterocycles. The molecule has 39 heavy (non-hydrogen) atoms. The van der Waals surface area contributed by atoms with Gasteiger partial charge in [-0.05, 0) is 44.9 Å². The van der Waals surface area contributed by atoms with Gasteiger partial charge in [0.2, 0.25) is 0 Å². The van der Waals surface area contributed by atoms with Crippen LogP contribution in [0, 0.1) is 0 Å². The monoisotopic (exact) mass is 575 g/mol. The van der Waals surface area contributed by atoms with Crippen molar-refractivity contribution in [3.8, 4) is 0 Å². The average molecular weight is 576 g/mol. The molecule has 8 nitrogen and oxygen atoms in total. The molecule has 0 aliphatic heterocycles. The van der Waals surface area contributed by atoms with Crippen LogP contribution in [0.3, 0.4) is 0 Å². The molecule has 3 N–H and O–H groups in total. The summed E-state index contributed by atoms with van der Waals surface area (Å²) in [5.74, 6) is -0.361. The summed E-state index contributed by atoms with van der Waals surface area (Å²) in [7, 11) is -4.25. The van der Waals surface area contributed by atoms with Crippen molar-refractivity contribution < 1.29 is 32.8 Å². The number of rotatable bonds is 29. The molecular weight excluding hydrogens is 517 g/mol. The molecule has 0 aromatic rings. The quantitative estimate of drug-likeness (QED) is 0.0402. The molecule has 2 unspecified atom stereocenters. The lowest BCUT2D eigenvalue weighted by molar-refractivity contribution is -0.154. The Balaban J connectivity index is 3.94.